The molecule has 2 aromatic carbocycles. The minimum Gasteiger partial charge on any atom is -0.378 e. The molecule has 2 N–H and O–H groups in total. The normalized spacial score (nSPS) is 14.3. The third-order valence-electron chi connectivity index (χ3n) is 4.56. The molecule has 0 atom stereocenters. The van der Waals surface area contributed by atoms with Gasteiger partial charge in [0, 0.05) is 34.2 Å². The summed E-state index contributed by atoms with van der Waals surface area (Å²) in [6.07, 6.45) is 0. The number of carbonyl (C=O) groups is 2. The van der Waals surface area contributed by atoms with E-state index in [9.17, 15) is 14.0 Å². The average molecular weight is 446 g/mol. The maximum absolute atomic E-state index is 14.0. The van der Waals surface area contributed by atoms with Crippen molar-refractivity contribution in [2.24, 2.45) is 0 Å². The minimum absolute atomic E-state index is 0.100. The molecule has 0 unspecified atom stereocenters. The monoisotopic (exact) mass is 445 g/mol. The zero-order chi connectivity index (χ0) is 19.7. The summed E-state index contributed by atoms with van der Waals surface area (Å²) in [7, 11) is 0. The van der Waals surface area contributed by atoms with Crippen LogP contribution in [0.5, 0.6) is 0 Å². The second-order valence-corrected chi connectivity index (χ2v) is 7.39. The summed E-state index contributed by atoms with van der Waals surface area (Å²) in [5.41, 5.74) is 1.74. The number of hydrogen-bond acceptors (Lipinski definition) is 3. The first-order chi connectivity index (χ1) is 13.5. The van der Waals surface area contributed by atoms with Crippen molar-refractivity contribution in [2.75, 3.05) is 31.6 Å². The van der Waals surface area contributed by atoms with Crippen LogP contribution < -0.4 is 5.32 Å². The number of fused-ring (bicyclic) bond motifs is 1. The van der Waals surface area contributed by atoms with E-state index < -0.39 is 11.7 Å². The molecule has 1 aromatic heterocycles. The van der Waals surface area contributed by atoms with Gasteiger partial charge in [0.05, 0.1) is 18.7 Å². The largest absolute Gasteiger partial charge is 0.378 e. The Balaban J connectivity index is 1.53. The molecule has 6 nitrogen and oxygen atoms in total. The van der Waals surface area contributed by atoms with Crippen LogP contribution in [0.4, 0.5) is 10.1 Å². The van der Waals surface area contributed by atoms with Gasteiger partial charge in [-0.2, -0.15) is 0 Å². The van der Waals surface area contributed by atoms with Crippen LogP contribution in [0.25, 0.3) is 10.9 Å². The maximum Gasteiger partial charge on any atom is 0.272 e. The highest BCUT2D eigenvalue weighted by molar-refractivity contribution is 9.10. The van der Waals surface area contributed by atoms with Crippen molar-refractivity contribution >= 4 is 44.3 Å². The molecule has 2 heterocycles. The van der Waals surface area contributed by atoms with E-state index in [4.69, 9.17) is 4.74 Å². The molecule has 144 valence electrons. The van der Waals surface area contributed by atoms with Crippen LogP contribution in [-0.2, 0) is 4.74 Å². The number of nitrogens with zero attached hydrogens (tertiary/aromatic N) is 1. The van der Waals surface area contributed by atoms with E-state index in [1.54, 1.807) is 35.2 Å². The van der Waals surface area contributed by atoms with Crippen LogP contribution in [0.2, 0.25) is 0 Å². The summed E-state index contributed by atoms with van der Waals surface area (Å²) < 4.78 is 19.9. The highest BCUT2D eigenvalue weighted by atomic mass is 79.9. The first-order valence-electron chi connectivity index (χ1n) is 8.77. The second kappa shape index (κ2) is 7.73. The molecule has 0 spiro atoms. The van der Waals surface area contributed by atoms with Crippen molar-refractivity contribution in [1.29, 1.82) is 0 Å². The summed E-state index contributed by atoms with van der Waals surface area (Å²) in [4.78, 5) is 29.8. The van der Waals surface area contributed by atoms with Crippen molar-refractivity contribution < 1.29 is 18.7 Å². The lowest BCUT2D eigenvalue weighted by atomic mass is 10.1. The van der Waals surface area contributed by atoms with Gasteiger partial charge in [-0.1, -0.05) is 22.0 Å². The molecule has 28 heavy (non-hydrogen) atoms. The highest BCUT2D eigenvalue weighted by Crippen LogP contribution is 2.24. The molecule has 3 aromatic rings. The third-order valence-corrected chi connectivity index (χ3v) is 5.02. The van der Waals surface area contributed by atoms with E-state index in [1.807, 2.05) is 0 Å². The van der Waals surface area contributed by atoms with Crippen LogP contribution in [0.3, 0.4) is 0 Å². The first-order valence-corrected chi connectivity index (χ1v) is 9.57. The van der Waals surface area contributed by atoms with Crippen molar-refractivity contribution in [2.45, 2.75) is 0 Å². The van der Waals surface area contributed by atoms with E-state index in [0.717, 1.165) is 0 Å². The Hall–Kier alpha value is -2.71. The molecule has 1 fully saturated rings. The van der Waals surface area contributed by atoms with Gasteiger partial charge < -0.3 is 19.9 Å². The van der Waals surface area contributed by atoms with Crippen LogP contribution >= 0.6 is 15.9 Å². The molecule has 0 aliphatic carbocycles. The molecule has 4 rings (SSSR count). The molecule has 2 amide bonds. The van der Waals surface area contributed by atoms with E-state index >= 15 is 0 Å². The third kappa shape index (κ3) is 3.79. The van der Waals surface area contributed by atoms with Gasteiger partial charge in [-0.05, 0) is 36.4 Å². The number of benzene rings is 2. The number of aromatic amines is 1. The number of rotatable bonds is 3. The van der Waals surface area contributed by atoms with Crippen molar-refractivity contribution in [3.8, 4) is 0 Å². The minimum atomic E-state index is -0.419. The van der Waals surface area contributed by atoms with Crippen molar-refractivity contribution in [3.63, 3.8) is 0 Å². The van der Waals surface area contributed by atoms with Crippen molar-refractivity contribution in [3.05, 3.63) is 64.0 Å². The Kier molecular flexibility index (Phi) is 5.15. The summed E-state index contributed by atoms with van der Waals surface area (Å²) in [5, 5.41) is 3.09. The zero-order valence-corrected chi connectivity index (χ0v) is 16.4. The molecule has 0 saturated carbocycles. The van der Waals surface area contributed by atoms with E-state index in [2.05, 4.69) is 26.2 Å². The van der Waals surface area contributed by atoms with Gasteiger partial charge in [-0.15, -0.1) is 0 Å². The number of hydrogen-bond donors (Lipinski definition) is 2. The molecular formula is C20H17BrFN3O3. The SMILES string of the molecule is O=C(Nc1cccc(C(=O)N2CCOCC2)c1)c1cc2c(F)cc(Br)cc2[nH]1. The topological polar surface area (TPSA) is 74.4 Å². The molecule has 1 saturated heterocycles. The molecule has 8 heteroatoms. The number of aromatic nitrogens is 1. The smallest absolute Gasteiger partial charge is 0.272 e. The fraction of sp³-hybridized carbons (Fsp3) is 0.200. The highest BCUT2D eigenvalue weighted by Gasteiger charge is 2.19. The Morgan fingerprint density at radius 2 is 1.93 bits per heavy atom. The summed E-state index contributed by atoms with van der Waals surface area (Å²) >= 11 is 3.23. The zero-order valence-electron chi connectivity index (χ0n) is 14.8. The Morgan fingerprint density at radius 3 is 2.71 bits per heavy atom. The lowest BCUT2D eigenvalue weighted by Crippen LogP contribution is -2.40. The molecule has 0 bridgehead atoms. The number of amides is 2. The summed E-state index contributed by atoms with van der Waals surface area (Å²) in [6, 6.07) is 11.3. The van der Waals surface area contributed by atoms with Gasteiger partial charge in [0.2, 0.25) is 0 Å². The first kappa shape index (κ1) is 18.6. The van der Waals surface area contributed by atoms with Crippen LogP contribution in [0, 0.1) is 5.82 Å². The number of halogens is 2. The lowest BCUT2D eigenvalue weighted by Gasteiger charge is -2.27. The van der Waals surface area contributed by atoms with E-state index in [-0.39, 0.29) is 11.6 Å². The average Bonchev–Trinajstić information content (AvgIpc) is 3.13. The van der Waals surface area contributed by atoms with Gasteiger partial charge >= 0.3 is 0 Å². The van der Waals surface area contributed by atoms with Gasteiger partial charge in [-0.25, -0.2) is 4.39 Å². The Morgan fingerprint density at radius 1 is 1.14 bits per heavy atom. The molecule has 0 radical (unpaired) electrons. The summed E-state index contributed by atoms with van der Waals surface area (Å²) in [6.45, 7) is 2.14. The van der Waals surface area contributed by atoms with Crippen LogP contribution in [-0.4, -0.2) is 48.0 Å². The molecule has 1 aliphatic heterocycles. The fourth-order valence-corrected chi connectivity index (χ4v) is 3.59. The van der Waals surface area contributed by atoms with Gasteiger partial charge in [0.25, 0.3) is 11.8 Å². The molecule has 1 aliphatic rings. The number of ether oxygens (including phenoxy) is 1. The number of nitrogens with one attached hydrogen (secondary N) is 2. The standard InChI is InChI=1S/C20H17BrFN3O3/c21-13-9-16(22)15-11-18(24-17(15)10-13)19(26)23-14-3-1-2-12(8-14)20(27)25-4-6-28-7-5-25/h1-3,8-11,24H,4-7H2,(H,23,26). The summed E-state index contributed by atoms with van der Waals surface area (Å²) in [5.74, 6) is -0.933. The number of anilines is 1. The number of carbonyl (C=O) groups excluding carboxylic acids is 2. The van der Waals surface area contributed by atoms with Crippen LogP contribution in [0.1, 0.15) is 20.8 Å². The predicted octanol–water partition coefficient (Wildman–Crippen LogP) is 3.79. The Labute approximate surface area is 168 Å². The van der Waals surface area contributed by atoms with E-state index in [0.29, 0.717) is 52.9 Å². The second-order valence-electron chi connectivity index (χ2n) is 6.47. The maximum atomic E-state index is 14.0. The van der Waals surface area contributed by atoms with Gasteiger partial charge in [-0.3, -0.25) is 9.59 Å². The number of H-pyrrole nitrogens is 1. The van der Waals surface area contributed by atoms with Crippen LogP contribution in [0.15, 0.2) is 46.9 Å². The predicted molar refractivity (Wildman–Crippen MR) is 107 cm³/mol. The number of morpholine rings is 1. The molecular weight excluding hydrogens is 429 g/mol. The quantitative estimate of drug-likeness (QED) is 0.643. The fourth-order valence-electron chi connectivity index (χ4n) is 3.16. The van der Waals surface area contributed by atoms with Gasteiger partial charge in [0.1, 0.15) is 11.5 Å². The lowest BCUT2D eigenvalue weighted by molar-refractivity contribution is 0.0303. The Bertz CT molecular complexity index is 1060. The van der Waals surface area contributed by atoms with E-state index in [1.165, 1.54) is 12.1 Å². The van der Waals surface area contributed by atoms with Gasteiger partial charge in [0.15, 0.2) is 0 Å². The van der Waals surface area contributed by atoms with Crippen molar-refractivity contribution in [1.82, 2.24) is 9.88 Å².